The van der Waals surface area contributed by atoms with Crippen LogP contribution in [0.3, 0.4) is 0 Å². The third-order valence-electron chi connectivity index (χ3n) is 1.82. The van der Waals surface area contributed by atoms with Gasteiger partial charge in [0, 0.05) is 18.3 Å². The molecule has 15 heavy (non-hydrogen) atoms. The van der Waals surface area contributed by atoms with Gasteiger partial charge in [-0.3, -0.25) is 0 Å². The minimum atomic E-state index is -4.30. The summed E-state index contributed by atoms with van der Waals surface area (Å²) in [4.78, 5) is 0. The maximum absolute atomic E-state index is 12.3. The van der Waals surface area contributed by atoms with Crippen LogP contribution in [0.4, 0.5) is 18.9 Å². The van der Waals surface area contributed by atoms with Crippen LogP contribution < -0.4 is 11.1 Å². The van der Waals surface area contributed by atoms with Gasteiger partial charge in [0.2, 0.25) is 0 Å². The van der Waals surface area contributed by atoms with Crippen LogP contribution in [0.2, 0.25) is 0 Å². The molecular formula is C10H13F3N2. The lowest BCUT2D eigenvalue weighted by Gasteiger charge is -2.11. The molecule has 0 radical (unpaired) electrons. The molecule has 2 nitrogen and oxygen atoms in total. The van der Waals surface area contributed by atoms with Gasteiger partial charge in [-0.1, -0.05) is 6.07 Å². The highest BCUT2D eigenvalue weighted by Gasteiger charge is 2.30. The fraction of sp³-hybridized carbons (Fsp3) is 0.400. The smallest absolute Gasteiger partial charge is 0.383 e. The van der Waals surface area contributed by atoms with Gasteiger partial charge in [0.05, 0.1) is 5.56 Å². The molecule has 0 amide bonds. The summed E-state index contributed by atoms with van der Waals surface area (Å²) in [7, 11) is 0. The van der Waals surface area contributed by atoms with E-state index < -0.39 is 11.7 Å². The number of rotatable bonds is 3. The molecule has 1 unspecified atom stereocenters. The first-order valence-electron chi connectivity index (χ1n) is 4.56. The molecule has 5 heteroatoms. The molecule has 0 aromatic heterocycles. The van der Waals surface area contributed by atoms with Crippen LogP contribution in [0.5, 0.6) is 0 Å². The summed E-state index contributed by atoms with van der Waals surface area (Å²) in [5.74, 6) is 0. The Hall–Kier alpha value is -1.23. The molecule has 0 fully saturated rings. The van der Waals surface area contributed by atoms with Crippen LogP contribution in [-0.4, -0.2) is 12.6 Å². The SMILES string of the molecule is CC(N)CNc1cccc(C(F)(F)F)c1. The van der Waals surface area contributed by atoms with Gasteiger partial charge in [0.1, 0.15) is 0 Å². The molecule has 1 aromatic rings. The second-order valence-corrected chi connectivity index (χ2v) is 3.44. The van der Waals surface area contributed by atoms with Crippen molar-refractivity contribution in [1.29, 1.82) is 0 Å². The zero-order valence-corrected chi connectivity index (χ0v) is 8.31. The van der Waals surface area contributed by atoms with E-state index in [1.807, 2.05) is 0 Å². The van der Waals surface area contributed by atoms with E-state index in [0.29, 0.717) is 12.2 Å². The fourth-order valence-corrected chi connectivity index (χ4v) is 1.08. The molecule has 3 N–H and O–H groups in total. The summed E-state index contributed by atoms with van der Waals surface area (Å²) >= 11 is 0. The van der Waals surface area contributed by atoms with Crippen LogP contribution >= 0.6 is 0 Å². The summed E-state index contributed by atoms with van der Waals surface area (Å²) < 4.78 is 36.9. The Balaban J connectivity index is 2.75. The van der Waals surface area contributed by atoms with E-state index in [1.165, 1.54) is 6.07 Å². The summed E-state index contributed by atoms with van der Waals surface area (Å²) in [6.45, 7) is 2.22. The molecule has 1 atom stereocenters. The minimum absolute atomic E-state index is 0.0976. The van der Waals surface area contributed by atoms with Crippen molar-refractivity contribution in [3.63, 3.8) is 0 Å². The van der Waals surface area contributed by atoms with E-state index in [0.717, 1.165) is 12.1 Å². The third kappa shape index (κ3) is 3.79. The number of halogens is 3. The van der Waals surface area contributed by atoms with Gasteiger partial charge in [-0.2, -0.15) is 13.2 Å². The first kappa shape index (κ1) is 11.8. The predicted molar refractivity (Wildman–Crippen MR) is 53.6 cm³/mol. The molecular weight excluding hydrogens is 205 g/mol. The highest BCUT2D eigenvalue weighted by molar-refractivity contribution is 5.46. The molecule has 0 saturated carbocycles. The van der Waals surface area contributed by atoms with E-state index in [-0.39, 0.29) is 6.04 Å². The summed E-state index contributed by atoms with van der Waals surface area (Å²) in [5, 5.41) is 2.83. The third-order valence-corrected chi connectivity index (χ3v) is 1.82. The van der Waals surface area contributed by atoms with Crippen LogP contribution in [0.15, 0.2) is 24.3 Å². The highest BCUT2D eigenvalue weighted by atomic mass is 19.4. The zero-order chi connectivity index (χ0) is 11.5. The average Bonchev–Trinajstić information content (AvgIpc) is 2.14. The van der Waals surface area contributed by atoms with Crippen molar-refractivity contribution in [2.75, 3.05) is 11.9 Å². The van der Waals surface area contributed by atoms with Gasteiger partial charge in [-0.05, 0) is 25.1 Å². The van der Waals surface area contributed by atoms with Crippen molar-refractivity contribution in [3.05, 3.63) is 29.8 Å². The normalized spacial score (nSPS) is 13.7. The van der Waals surface area contributed by atoms with Crippen molar-refractivity contribution in [1.82, 2.24) is 0 Å². The molecule has 0 bridgehead atoms. The monoisotopic (exact) mass is 218 g/mol. The van der Waals surface area contributed by atoms with Crippen LogP contribution in [0, 0.1) is 0 Å². The van der Waals surface area contributed by atoms with Crippen molar-refractivity contribution >= 4 is 5.69 Å². The molecule has 0 spiro atoms. The lowest BCUT2D eigenvalue weighted by atomic mass is 10.2. The van der Waals surface area contributed by atoms with Crippen molar-refractivity contribution < 1.29 is 13.2 Å². The topological polar surface area (TPSA) is 38.0 Å². The first-order valence-corrected chi connectivity index (χ1v) is 4.56. The Morgan fingerprint density at radius 3 is 2.60 bits per heavy atom. The number of hydrogen-bond donors (Lipinski definition) is 2. The van der Waals surface area contributed by atoms with Gasteiger partial charge in [-0.15, -0.1) is 0 Å². The maximum Gasteiger partial charge on any atom is 0.416 e. The molecule has 0 heterocycles. The number of nitrogens with two attached hydrogens (primary N) is 1. The molecule has 84 valence electrons. The number of nitrogens with one attached hydrogen (secondary N) is 1. The Morgan fingerprint density at radius 2 is 2.07 bits per heavy atom. The van der Waals surface area contributed by atoms with E-state index in [1.54, 1.807) is 13.0 Å². The Bertz CT molecular complexity index is 321. The quantitative estimate of drug-likeness (QED) is 0.817. The number of anilines is 1. The number of hydrogen-bond acceptors (Lipinski definition) is 2. The Labute approximate surface area is 86.3 Å². The lowest BCUT2D eigenvalue weighted by Crippen LogP contribution is -2.25. The van der Waals surface area contributed by atoms with E-state index >= 15 is 0 Å². The molecule has 1 aromatic carbocycles. The van der Waals surface area contributed by atoms with E-state index in [2.05, 4.69) is 5.32 Å². The molecule has 0 saturated heterocycles. The lowest BCUT2D eigenvalue weighted by molar-refractivity contribution is -0.137. The van der Waals surface area contributed by atoms with Gasteiger partial charge < -0.3 is 11.1 Å². The minimum Gasteiger partial charge on any atom is -0.383 e. The largest absolute Gasteiger partial charge is 0.416 e. The number of benzene rings is 1. The maximum atomic E-state index is 12.3. The highest BCUT2D eigenvalue weighted by Crippen LogP contribution is 2.30. The summed E-state index contributed by atoms with van der Waals surface area (Å²) in [6, 6.07) is 4.96. The summed E-state index contributed by atoms with van der Waals surface area (Å²) in [5.41, 5.74) is 5.26. The van der Waals surface area contributed by atoms with E-state index in [9.17, 15) is 13.2 Å². The zero-order valence-electron chi connectivity index (χ0n) is 8.31. The first-order chi connectivity index (χ1) is 6.89. The summed E-state index contributed by atoms with van der Waals surface area (Å²) in [6.07, 6.45) is -4.30. The average molecular weight is 218 g/mol. The van der Waals surface area contributed by atoms with E-state index in [4.69, 9.17) is 5.73 Å². The van der Waals surface area contributed by atoms with Crippen molar-refractivity contribution in [3.8, 4) is 0 Å². The molecule has 0 aliphatic carbocycles. The van der Waals surface area contributed by atoms with Crippen molar-refractivity contribution in [2.45, 2.75) is 19.1 Å². The van der Waals surface area contributed by atoms with Gasteiger partial charge in [0.15, 0.2) is 0 Å². The van der Waals surface area contributed by atoms with Gasteiger partial charge in [-0.25, -0.2) is 0 Å². The predicted octanol–water partition coefficient (Wildman–Crippen LogP) is 2.46. The second kappa shape index (κ2) is 4.53. The van der Waals surface area contributed by atoms with Crippen LogP contribution in [0.25, 0.3) is 0 Å². The van der Waals surface area contributed by atoms with Crippen molar-refractivity contribution in [2.24, 2.45) is 5.73 Å². The number of alkyl halides is 3. The fourth-order valence-electron chi connectivity index (χ4n) is 1.08. The second-order valence-electron chi connectivity index (χ2n) is 3.44. The van der Waals surface area contributed by atoms with Gasteiger partial charge >= 0.3 is 6.18 Å². The molecule has 1 rings (SSSR count). The Kier molecular flexibility index (Phi) is 3.57. The standard InChI is InChI=1S/C10H13F3N2/c1-7(14)6-15-9-4-2-3-8(5-9)10(11,12)13/h2-5,7,15H,6,14H2,1H3. The molecule has 0 aliphatic rings. The van der Waals surface area contributed by atoms with Gasteiger partial charge in [0.25, 0.3) is 0 Å². The Morgan fingerprint density at radius 1 is 1.40 bits per heavy atom. The molecule has 0 aliphatic heterocycles. The van der Waals surface area contributed by atoms with Crippen LogP contribution in [0.1, 0.15) is 12.5 Å². The van der Waals surface area contributed by atoms with Crippen LogP contribution in [-0.2, 0) is 6.18 Å².